The van der Waals surface area contributed by atoms with Crippen LogP contribution in [0.15, 0.2) is 47.5 Å². The summed E-state index contributed by atoms with van der Waals surface area (Å²) in [6, 6.07) is 11.4. The van der Waals surface area contributed by atoms with Crippen LogP contribution in [0, 0.1) is 5.82 Å². The molecule has 1 heterocycles. The lowest BCUT2D eigenvalue weighted by molar-refractivity contribution is 0.102. The fourth-order valence-corrected chi connectivity index (χ4v) is 3.82. The Balaban J connectivity index is 1.83. The van der Waals surface area contributed by atoms with Gasteiger partial charge >= 0.3 is 0 Å². The van der Waals surface area contributed by atoms with Gasteiger partial charge in [-0.3, -0.25) is 9.79 Å². The Morgan fingerprint density at radius 2 is 2.16 bits per heavy atom. The highest BCUT2D eigenvalue weighted by molar-refractivity contribution is 8.13. The van der Waals surface area contributed by atoms with Gasteiger partial charge < -0.3 is 11.1 Å². The maximum Gasteiger partial charge on any atom is 0.255 e. The molecule has 1 atom stereocenters. The Kier molecular flexibility index (Phi) is 5.01. The molecule has 1 amide bonds. The minimum Gasteiger partial charge on any atom is -0.379 e. The number of anilines is 1. The van der Waals surface area contributed by atoms with Crippen LogP contribution in [0.1, 0.15) is 29.3 Å². The van der Waals surface area contributed by atoms with E-state index in [1.165, 1.54) is 18.2 Å². The lowest BCUT2D eigenvalue weighted by atomic mass is 9.89. The summed E-state index contributed by atoms with van der Waals surface area (Å²) in [5, 5.41) is 3.30. The highest BCUT2D eigenvalue weighted by Crippen LogP contribution is 2.35. The summed E-state index contributed by atoms with van der Waals surface area (Å²) < 4.78 is 13.2. The first kappa shape index (κ1) is 17.8. The van der Waals surface area contributed by atoms with Gasteiger partial charge in [-0.05, 0) is 49.2 Å². The average Bonchev–Trinajstić information content (AvgIpc) is 2.57. The molecule has 0 spiro atoms. The third-order valence-corrected chi connectivity index (χ3v) is 5.20. The molecule has 0 radical (unpaired) electrons. The van der Waals surface area contributed by atoms with E-state index in [1.54, 1.807) is 17.8 Å². The number of carbonyl (C=O) groups is 1. The Morgan fingerprint density at radius 1 is 1.36 bits per heavy atom. The van der Waals surface area contributed by atoms with Crippen molar-refractivity contribution in [2.24, 2.45) is 10.7 Å². The van der Waals surface area contributed by atoms with E-state index in [4.69, 9.17) is 17.3 Å². The molecule has 4 nitrogen and oxygen atoms in total. The molecule has 2 aromatic rings. The van der Waals surface area contributed by atoms with Crippen molar-refractivity contribution in [3.63, 3.8) is 0 Å². The van der Waals surface area contributed by atoms with Crippen LogP contribution in [-0.2, 0) is 5.54 Å². The van der Waals surface area contributed by atoms with E-state index in [-0.39, 0.29) is 10.9 Å². The molecule has 0 bridgehead atoms. The van der Waals surface area contributed by atoms with Crippen molar-refractivity contribution in [2.45, 2.75) is 18.9 Å². The number of benzene rings is 2. The first-order valence-electron chi connectivity index (χ1n) is 7.72. The number of halogens is 2. The molecular formula is C18H17ClFN3OS. The summed E-state index contributed by atoms with van der Waals surface area (Å²) in [6.07, 6.45) is 0.864. The fraction of sp³-hybridized carbons (Fsp3) is 0.222. The molecule has 0 aliphatic carbocycles. The van der Waals surface area contributed by atoms with Crippen LogP contribution in [0.2, 0.25) is 5.02 Å². The van der Waals surface area contributed by atoms with Gasteiger partial charge in [-0.2, -0.15) is 0 Å². The average molecular weight is 378 g/mol. The second-order valence-corrected chi connectivity index (χ2v) is 7.51. The Hall–Kier alpha value is -2.05. The molecule has 0 aromatic heterocycles. The zero-order chi connectivity index (χ0) is 18.0. The quantitative estimate of drug-likeness (QED) is 0.833. The topological polar surface area (TPSA) is 67.5 Å². The van der Waals surface area contributed by atoms with Crippen molar-refractivity contribution in [3.05, 3.63) is 64.4 Å². The Labute approximate surface area is 154 Å². The number of aliphatic imine (C=N–C) groups is 1. The van der Waals surface area contributed by atoms with Crippen molar-refractivity contribution < 1.29 is 9.18 Å². The van der Waals surface area contributed by atoms with Crippen LogP contribution in [-0.4, -0.2) is 16.8 Å². The number of nitrogens with two attached hydrogens (primary N) is 1. The number of nitrogens with one attached hydrogen (secondary N) is 1. The Morgan fingerprint density at radius 3 is 2.88 bits per heavy atom. The van der Waals surface area contributed by atoms with Crippen molar-refractivity contribution >= 4 is 40.1 Å². The van der Waals surface area contributed by atoms with Crippen molar-refractivity contribution in [3.8, 4) is 0 Å². The zero-order valence-corrected chi connectivity index (χ0v) is 15.1. The normalized spacial score (nSPS) is 20.0. The summed E-state index contributed by atoms with van der Waals surface area (Å²) in [6.45, 7) is 2.03. The van der Waals surface area contributed by atoms with Crippen LogP contribution >= 0.6 is 23.4 Å². The molecule has 130 valence electrons. The van der Waals surface area contributed by atoms with Crippen LogP contribution in [0.25, 0.3) is 0 Å². The van der Waals surface area contributed by atoms with E-state index in [9.17, 15) is 9.18 Å². The predicted molar refractivity (Wildman–Crippen MR) is 102 cm³/mol. The van der Waals surface area contributed by atoms with Gasteiger partial charge in [0, 0.05) is 17.0 Å². The molecule has 7 heteroatoms. The lowest BCUT2D eigenvalue weighted by Gasteiger charge is -2.30. The summed E-state index contributed by atoms with van der Waals surface area (Å²) in [5.74, 6) is -0.0126. The van der Waals surface area contributed by atoms with E-state index in [0.717, 1.165) is 17.7 Å². The van der Waals surface area contributed by atoms with Gasteiger partial charge in [-0.25, -0.2) is 4.39 Å². The molecule has 3 rings (SSSR count). The number of hydrogen-bond donors (Lipinski definition) is 2. The van der Waals surface area contributed by atoms with Crippen LogP contribution in [0.3, 0.4) is 0 Å². The SMILES string of the molecule is CC1(c2cccc(NC(=O)c3ccc(F)c(Cl)c3)c2)CCSC(N)=N1. The number of amides is 1. The van der Waals surface area contributed by atoms with Gasteiger partial charge in [0.15, 0.2) is 5.17 Å². The van der Waals surface area contributed by atoms with Gasteiger partial charge in [-0.15, -0.1) is 0 Å². The van der Waals surface area contributed by atoms with Gasteiger partial charge in [-0.1, -0.05) is 35.5 Å². The zero-order valence-electron chi connectivity index (χ0n) is 13.6. The number of thioether (sulfide) groups is 1. The number of nitrogens with zero attached hydrogens (tertiary/aromatic N) is 1. The fourth-order valence-electron chi connectivity index (χ4n) is 2.67. The van der Waals surface area contributed by atoms with E-state index >= 15 is 0 Å². The molecule has 0 saturated carbocycles. The Bertz CT molecular complexity index is 858. The van der Waals surface area contributed by atoms with Gasteiger partial charge in [0.1, 0.15) is 5.82 Å². The van der Waals surface area contributed by atoms with Crippen molar-refractivity contribution in [1.29, 1.82) is 0 Å². The minimum absolute atomic E-state index is 0.0848. The second kappa shape index (κ2) is 7.06. The standard InChI is InChI=1S/C18H17ClFN3OS/c1-18(7-8-25-17(21)23-18)12-3-2-4-13(10-12)22-16(24)11-5-6-15(20)14(19)9-11/h2-6,9-10H,7-8H2,1H3,(H2,21,23)(H,22,24). The summed E-state index contributed by atoms with van der Waals surface area (Å²) in [7, 11) is 0. The first-order valence-corrected chi connectivity index (χ1v) is 9.09. The number of carbonyl (C=O) groups excluding carboxylic acids is 1. The van der Waals surface area contributed by atoms with E-state index in [2.05, 4.69) is 10.3 Å². The maximum atomic E-state index is 13.2. The number of rotatable bonds is 3. The molecule has 1 aliphatic heterocycles. The van der Waals surface area contributed by atoms with Crippen LogP contribution < -0.4 is 11.1 Å². The molecule has 0 saturated heterocycles. The van der Waals surface area contributed by atoms with Gasteiger partial charge in [0.25, 0.3) is 5.91 Å². The van der Waals surface area contributed by atoms with Crippen LogP contribution in [0.4, 0.5) is 10.1 Å². The molecule has 1 unspecified atom stereocenters. The molecule has 3 N–H and O–H groups in total. The third kappa shape index (κ3) is 3.96. The molecule has 0 fully saturated rings. The smallest absolute Gasteiger partial charge is 0.255 e. The lowest BCUT2D eigenvalue weighted by Crippen LogP contribution is -2.28. The number of hydrogen-bond acceptors (Lipinski definition) is 4. The maximum absolute atomic E-state index is 13.2. The van der Waals surface area contributed by atoms with E-state index in [0.29, 0.717) is 16.4 Å². The molecule has 1 aliphatic rings. The van der Waals surface area contributed by atoms with Crippen LogP contribution in [0.5, 0.6) is 0 Å². The van der Waals surface area contributed by atoms with Gasteiger partial charge in [0.2, 0.25) is 0 Å². The summed E-state index contributed by atoms with van der Waals surface area (Å²) >= 11 is 7.28. The third-order valence-electron chi connectivity index (χ3n) is 4.12. The predicted octanol–water partition coefficient (Wildman–Crippen LogP) is 4.40. The number of amidine groups is 1. The molecule has 2 aromatic carbocycles. The summed E-state index contributed by atoms with van der Waals surface area (Å²) in [5.41, 5.74) is 7.37. The second-order valence-electron chi connectivity index (χ2n) is 5.99. The largest absolute Gasteiger partial charge is 0.379 e. The highest BCUT2D eigenvalue weighted by atomic mass is 35.5. The van der Waals surface area contributed by atoms with Gasteiger partial charge in [0.05, 0.1) is 10.6 Å². The van der Waals surface area contributed by atoms with E-state index in [1.807, 2.05) is 25.1 Å². The molecular weight excluding hydrogens is 361 g/mol. The highest BCUT2D eigenvalue weighted by Gasteiger charge is 2.29. The summed E-state index contributed by atoms with van der Waals surface area (Å²) in [4.78, 5) is 16.9. The first-order chi connectivity index (χ1) is 11.9. The minimum atomic E-state index is -0.557. The monoisotopic (exact) mass is 377 g/mol. The van der Waals surface area contributed by atoms with Crippen molar-refractivity contribution in [1.82, 2.24) is 0 Å². The van der Waals surface area contributed by atoms with Crippen molar-refractivity contribution in [2.75, 3.05) is 11.1 Å². The van der Waals surface area contributed by atoms with E-state index < -0.39 is 11.4 Å². The molecule has 25 heavy (non-hydrogen) atoms.